The highest BCUT2D eigenvalue weighted by Gasteiger charge is 2.15. The monoisotopic (exact) mass is 221 g/mol. The number of H-pyrrole nitrogens is 1. The zero-order valence-corrected chi connectivity index (χ0v) is 8.98. The lowest BCUT2D eigenvalue weighted by Gasteiger charge is -1.99. The smallest absolute Gasteiger partial charge is 0.343 e. The Hall–Kier alpha value is -2.11. The molecule has 0 saturated carbocycles. The van der Waals surface area contributed by atoms with E-state index in [1.165, 1.54) is 10.9 Å². The predicted molar refractivity (Wildman–Crippen MR) is 57.3 cm³/mol. The Labute approximate surface area is 90.8 Å². The third-order valence-electron chi connectivity index (χ3n) is 2.17. The van der Waals surface area contributed by atoms with Crippen molar-refractivity contribution in [3.63, 3.8) is 0 Å². The molecule has 84 valence electrons. The molecular formula is C10H11N3O3. The minimum Gasteiger partial charge on any atom is -0.462 e. The van der Waals surface area contributed by atoms with Gasteiger partial charge < -0.3 is 9.72 Å². The number of ether oxygens (including phenoxy) is 1. The van der Waals surface area contributed by atoms with Crippen molar-refractivity contribution >= 4 is 17.0 Å². The molecular weight excluding hydrogens is 210 g/mol. The molecule has 0 unspecified atom stereocenters. The van der Waals surface area contributed by atoms with Crippen LogP contribution in [0.4, 0.5) is 0 Å². The number of aromatic amines is 1. The average molecular weight is 221 g/mol. The van der Waals surface area contributed by atoms with Crippen molar-refractivity contribution in [3.05, 3.63) is 28.2 Å². The van der Waals surface area contributed by atoms with Crippen LogP contribution in [-0.4, -0.2) is 27.3 Å². The van der Waals surface area contributed by atoms with E-state index in [2.05, 4.69) is 10.1 Å². The molecule has 0 fully saturated rings. The number of hydrogen-bond acceptors (Lipinski definition) is 4. The number of nitrogens with zero attached hydrogens (tertiary/aromatic N) is 2. The van der Waals surface area contributed by atoms with Crippen LogP contribution in [0.3, 0.4) is 0 Å². The number of carbonyl (C=O) groups excluding carboxylic acids is 1. The van der Waals surface area contributed by atoms with Crippen molar-refractivity contribution < 1.29 is 9.53 Å². The lowest BCUT2D eigenvalue weighted by Crippen LogP contribution is -2.17. The van der Waals surface area contributed by atoms with Crippen LogP contribution in [0.5, 0.6) is 0 Å². The van der Waals surface area contributed by atoms with Gasteiger partial charge in [0.1, 0.15) is 5.56 Å². The molecule has 0 amide bonds. The molecule has 0 aliphatic heterocycles. The van der Waals surface area contributed by atoms with Crippen molar-refractivity contribution in [2.75, 3.05) is 6.61 Å². The minimum atomic E-state index is -0.616. The molecule has 2 rings (SSSR count). The van der Waals surface area contributed by atoms with Crippen LogP contribution in [0.1, 0.15) is 17.3 Å². The fourth-order valence-electron chi connectivity index (χ4n) is 1.47. The molecule has 0 aliphatic carbocycles. The zero-order chi connectivity index (χ0) is 11.7. The van der Waals surface area contributed by atoms with Gasteiger partial charge in [0.2, 0.25) is 5.43 Å². The number of hydrogen-bond donors (Lipinski definition) is 1. The fraction of sp³-hybridized carbons (Fsp3) is 0.300. The first kappa shape index (κ1) is 10.4. The maximum atomic E-state index is 11.9. The van der Waals surface area contributed by atoms with Crippen molar-refractivity contribution in [2.45, 2.75) is 6.92 Å². The van der Waals surface area contributed by atoms with E-state index in [4.69, 9.17) is 4.74 Å². The van der Waals surface area contributed by atoms with Gasteiger partial charge in [0.15, 0.2) is 5.65 Å². The second-order valence-electron chi connectivity index (χ2n) is 3.32. The van der Waals surface area contributed by atoms with Gasteiger partial charge in [-0.25, -0.2) is 4.79 Å². The number of nitrogens with one attached hydrogen (secondary N) is 1. The van der Waals surface area contributed by atoms with Gasteiger partial charge in [0, 0.05) is 19.4 Å². The zero-order valence-electron chi connectivity index (χ0n) is 8.98. The van der Waals surface area contributed by atoms with Gasteiger partial charge in [-0.3, -0.25) is 9.48 Å². The summed E-state index contributed by atoms with van der Waals surface area (Å²) in [6, 6.07) is 0. The standard InChI is InChI=1S/C10H11N3O3/c1-3-16-10(15)6-4-11-9-7(8(6)14)5-13(2)12-9/h4-5H,3H2,1-2H3,(H,11,12). The third kappa shape index (κ3) is 1.58. The second kappa shape index (κ2) is 3.80. The molecule has 0 bridgehead atoms. The first-order valence-electron chi connectivity index (χ1n) is 4.85. The molecule has 2 aromatic heterocycles. The summed E-state index contributed by atoms with van der Waals surface area (Å²) in [5, 5.41) is 4.41. The van der Waals surface area contributed by atoms with Crippen LogP contribution in [-0.2, 0) is 11.8 Å². The Morgan fingerprint density at radius 3 is 3.06 bits per heavy atom. The highest BCUT2D eigenvalue weighted by molar-refractivity contribution is 5.92. The van der Waals surface area contributed by atoms with E-state index in [0.717, 1.165) is 0 Å². The van der Waals surface area contributed by atoms with Gasteiger partial charge >= 0.3 is 5.97 Å². The Kier molecular flexibility index (Phi) is 2.47. The van der Waals surface area contributed by atoms with E-state index >= 15 is 0 Å². The molecule has 6 heteroatoms. The van der Waals surface area contributed by atoms with E-state index in [0.29, 0.717) is 11.0 Å². The number of pyridine rings is 1. The van der Waals surface area contributed by atoms with E-state index in [9.17, 15) is 9.59 Å². The number of esters is 1. The van der Waals surface area contributed by atoms with Crippen LogP contribution in [0, 0.1) is 0 Å². The summed E-state index contributed by atoms with van der Waals surface area (Å²) in [5.41, 5.74) is 0.100. The predicted octanol–water partition coefficient (Wildman–Crippen LogP) is 0.438. The molecule has 2 aromatic rings. The van der Waals surface area contributed by atoms with Crippen molar-refractivity contribution in [2.24, 2.45) is 7.05 Å². The van der Waals surface area contributed by atoms with Crippen LogP contribution in [0.2, 0.25) is 0 Å². The Balaban J connectivity index is 2.60. The quantitative estimate of drug-likeness (QED) is 0.746. The van der Waals surface area contributed by atoms with Crippen LogP contribution in [0.25, 0.3) is 11.0 Å². The van der Waals surface area contributed by atoms with Crippen LogP contribution < -0.4 is 5.43 Å². The van der Waals surface area contributed by atoms with E-state index in [-0.39, 0.29) is 17.6 Å². The Morgan fingerprint density at radius 1 is 1.62 bits per heavy atom. The van der Waals surface area contributed by atoms with E-state index in [1.54, 1.807) is 20.2 Å². The highest BCUT2D eigenvalue weighted by atomic mass is 16.5. The van der Waals surface area contributed by atoms with Crippen molar-refractivity contribution in [1.82, 2.24) is 14.8 Å². The van der Waals surface area contributed by atoms with Gasteiger partial charge in [-0.05, 0) is 6.92 Å². The van der Waals surface area contributed by atoms with Crippen LogP contribution >= 0.6 is 0 Å². The van der Waals surface area contributed by atoms with Crippen molar-refractivity contribution in [1.29, 1.82) is 0 Å². The number of aromatic nitrogens is 3. The lowest BCUT2D eigenvalue weighted by atomic mass is 10.2. The minimum absolute atomic E-state index is 0.00218. The summed E-state index contributed by atoms with van der Waals surface area (Å²) in [5.74, 6) is -0.616. The summed E-state index contributed by atoms with van der Waals surface area (Å²) in [6.07, 6.45) is 2.90. The molecule has 0 aliphatic rings. The van der Waals surface area contributed by atoms with Gasteiger partial charge in [-0.1, -0.05) is 0 Å². The van der Waals surface area contributed by atoms with Gasteiger partial charge in [0.05, 0.1) is 12.0 Å². The Morgan fingerprint density at radius 2 is 2.38 bits per heavy atom. The van der Waals surface area contributed by atoms with E-state index < -0.39 is 5.97 Å². The maximum absolute atomic E-state index is 11.9. The maximum Gasteiger partial charge on any atom is 0.343 e. The van der Waals surface area contributed by atoms with E-state index in [1.807, 2.05) is 0 Å². The lowest BCUT2D eigenvalue weighted by molar-refractivity contribution is 0.0524. The molecule has 1 N–H and O–H groups in total. The molecule has 0 radical (unpaired) electrons. The summed E-state index contributed by atoms with van der Waals surface area (Å²) in [4.78, 5) is 26.1. The molecule has 16 heavy (non-hydrogen) atoms. The largest absolute Gasteiger partial charge is 0.462 e. The molecule has 0 atom stereocenters. The fourth-order valence-corrected chi connectivity index (χ4v) is 1.47. The van der Waals surface area contributed by atoms with Gasteiger partial charge in [-0.15, -0.1) is 0 Å². The number of aryl methyl sites for hydroxylation is 1. The summed E-state index contributed by atoms with van der Waals surface area (Å²) in [7, 11) is 1.71. The number of rotatable bonds is 2. The SMILES string of the molecule is CCOC(=O)c1c[nH]c2nn(C)cc2c1=O. The second-order valence-corrected chi connectivity index (χ2v) is 3.32. The third-order valence-corrected chi connectivity index (χ3v) is 2.17. The summed E-state index contributed by atoms with van der Waals surface area (Å²) < 4.78 is 6.29. The average Bonchev–Trinajstić information content (AvgIpc) is 2.60. The normalized spacial score (nSPS) is 10.6. The summed E-state index contributed by atoms with van der Waals surface area (Å²) in [6.45, 7) is 1.93. The van der Waals surface area contributed by atoms with Crippen molar-refractivity contribution in [3.8, 4) is 0 Å². The number of fused-ring (bicyclic) bond motifs is 1. The van der Waals surface area contributed by atoms with Gasteiger partial charge in [0.25, 0.3) is 0 Å². The Bertz CT molecular complexity index is 597. The van der Waals surface area contributed by atoms with Gasteiger partial charge in [-0.2, -0.15) is 5.10 Å². The number of carbonyl (C=O) groups is 1. The molecule has 2 heterocycles. The molecule has 0 aromatic carbocycles. The molecule has 0 saturated heterocycles. The topological polar surface area (TPSA) is 77.0 Å². The first-order chi connectivity index (χ1) is 7.63. The summed E-state index contributed by atoms with van der Waals surface area (Å²) >= 11 is 0. The molecule has 0 spiro atoms. The highest BCUT2D eigenvalue weighted by Crippen LogP contribution is 2.05. The van der Waals surface area contributed by atoms with Crippen LogP contribution in [0.15, 0.2) is 17.2 Å². The first-order valence-corrected chi connectivity index (χ1v) is 4.85. The molecule has 6 nitrogen and oxygen atoms in total.